The summed E-state index contributed by atoms with van der Waals surface area (Å²) < 4.78 is 210. The molecule has 0 saturated heterocycles. The van der Waals surface area contributed by atoms with Crippen molar-refractivity contribution in [2.75, 3.05) is 13.2 Å². The van der Waals surface area contributed by atoms with Gasteiger partial charge in [-0.25, -0.2) is 27.3 Å². The van der Waals surface area contributed by atoms with E-state index in [1.807, 2.05) is 30.3 Å². The van der Waals surface area contributed by atoms with E-state index in [0.29, 0.717) is 80.4 Å². The van der Waals surface area contributed by atoms with Crippen molar-refractivity contribution in [2.24, 2.45) is 0 Å². The molecule has 0 fully saturated rings. The Labute approximate surface area is 607 Å². The number of nitro groups is 1. The number of nitro benzene ring substituents is 1. The normalized spacial score (nSPS) is 12.9. The molecule has 0 aliphatic carbocycles. The van der Waals surface area contributed by atoms with Gasteiger partial charge < -0.3 is 34.7 Å². The SMILES string of the molecule is C.C.CCOC(=O)CCCCCc1cccc([C@@](Cc2ccccc2)(N[S@](=O)C(C)(C)C)c2cc(F)cc(OC(F)(F)C(F)F)c2)c1.O=C(Cl)Oc1ccc([N+](=O)[O-])cc1.O=C(O)CCCCCc1cccc([C@@](Cc2ccccc2)(NC(=O)NCC(F)(F)F)c2cc(F)cc(OC(F)(F)C(F)F)c2)c1. The van der Waals surface area contributed by atoms with Gasteiger partial charge >= 0.3 is 54.6 Å². The van der Waals surface area contributed by atoms with Crippen LogP contribution < -0.4 is 29.6 Å². The van der Waals surface area contributed by atoms with Gasteiger partial charge in [0, 0.05) is 55.1 Å². The van der Waals surface area contributed by atoms with Crippen LogP contribution in [0.1, 0.15) is 138 Å². The Kier molecular flexibility index (Phi) is 35.5. The molecule has 0 aromatic heterocycles. The minimum Gasteiger partial charge on any atom is -0.481 e. The lowest BCUT2D eigenvalue weighted by Crippen LogP contribution is -2.53. The van der Waals surface area contributed by atoms with Crippen molar-refractivity contribution >= 4 is 51.7 Å². The van der Waals surface area contributed by atoms with Crippen LogP contribution in [0.5, 0.6) is 17.2 Å². The van der Waals surface area contributed by atoms with Crippen LogP contribution in [0.15, 0.2) is 170 Å². The summed E-state index contributed by atoms with van der Waals surface area (Å²) in [5.41, 5.74) is -1.13. The third-order valence-electron chi connectivity index (χ3n) is 15.1. The molecular weight excluding hydrogens is 1450 g/mol. The average molecular weight is 1530 g/mol. The molecule has 7 aromatic rings. The molecule has 574 valence electrons. The van der Waals surface area contributed by atoms with Gasteiger partial charge in [-0.1, -0.05) is 137 Å². The molecule has 0 radical (unpaired) electrons. The summed E-state index contributed by atoms with van der Waals surface area (Å²) in [5.74, 6) is -5.03. The van der Waals surface area contributed by atoms with Crippen LogP contribution in [0, 0.1) is 21.7 Å². The third-order valence-corrected chi connectivity index (χ3v) is 16.8. The lowest BCUT2D eigenvalue weighted by Gasteiger charge is -2.38. The summed E-state index contributed by atoms with van der Waals surface area (Å²) in [5, 5.41) is 23.2. The van der Waals surface area contributed by atoms with Gasteiger partial charge in [-0.2, -0.15) is 48.3 Å². The molecule has 7 aromatic carbocycles. The van der Waals surface area contributed by atoms with E-state index in [2.05, 4.69) is 24.2 Å². The number of aryl methyl sites for hydroxylation is 2. The zero-order valence-corrected chi connectivity index (χ0v) is 57.4. The number of rotatable bonds is 33. The highest BCUT2D eigenvalue weighted by atomic mass is 35.5. The number of hydrogen-bond donors (Lipinski definition) is 4. The van der Waals surface area contributed by atoms with E-state index in [1.165, 1.54) is 30.3 Å². The van der Waals surface area contributed by atoms with Crippen LogP contribution in [-0.2, 0) is 62.1 Å². The number of alkyl halides is 11. The van der Waals surface area contributed by atoms with E-state index in [0.717, 1.165) is 48.2 Å². The number of amides is 2. The first-order chi connectivity index (χ1) is 48.3. The molecule has 16 nitrogen and oxygen atoms in total. The van der Waals surface area contributed by atoms with Crippen LogP contribution in [0.2, 0.25) is 0 Å². The fourth-order valence-electron chi connectivity index (χ4n) is 10.3. The molecule has 31 heteroatoms. The van der Waals surface area contributed by atoms with Gasteiger partial charge in [-0.15, -0.1) is 0 Å². The summed E-state index contributed by atoms with van der Waals surface area (Å²) in [4.78, 5) is 55.4. The molecule has 3 atom stereocenters. The number of unbranched alkanes of at least 4 members (excludes halogenated alkanes) is 4. The number of ether oxygens (including phenoxy) is 4. The van der Waals surface area contributed by atoms with Gasteiger partial charge in [-0.3, -0.25) is 19.7 Å². The fraction of sp³-hybridized carbons (Fsp3) is 0.378. The second kappa shape index (κ2) is 41.4. The molecule has 7 rings (SSSR count). The molecule has 0 heterocycles. The van der Waals surface area contributed by atoms with Gasteiger partial charge in [0.25, 0.3) is 5.69 Å². The zero-order valence-electron chi connectivity index (χ0n) is 55.8. The molecular formula is C74H82ClF13N4O12S. The quantitative estimate of drug-likeness (QED) is 0.00753. The maximum Gasteiger partial charge on any atom is 0.461 e. The number of non-ortho nitro benzene ring substituents is 1. The number of halogens is 14. The molecule has 4 N–H and O–H groups in total. The molecule has 2 amide bonds. The van der Waals surface area contributed by atoms with Crippen molar-refractivity contribution < 1.29 is 109 Å². The predicted octanol–water partition coefficient (Wildman–Crippen LogP) is 19.5. The van der Waals surface area contributed by atoms with Crippen LogP contribution >= 0.6 is 11.6 Å². The zero-order chi connectivity index (χ0) is 76.3. The van der Waals surface area contributed by atoms with Crippen LogP contribution in [0.4, 0.5) is 72.4 Å². The monoisotopic (exact) mass is 1530 g/mol. The Morgan fingerprint density at radius 3 is 1.42 bits per heavy atom. The van der Waals surface area contributed by atoms with E-state index < -0.39 is 110 Å². The van der Waals surface area contributed by atoms with Crippen molar-refractivity contribution in [2.45, 2.75) is 167 Å². The first kappa shape index (κ1) is 89.9. The Bertz CT molecular complexity index is 3940. The first-order valence-corrected chi connectivity index (χ1v) is 33.3. The molecule has 0 spiro atoms. The number of benzene rings is 7. The largest absolute Gasteiger partial charge is 0.481 e. The van der Waals surface area contributed by atoms with Crippen molar-refractivity contribution in [3.05, 3.63) is 236 Å². The summed E-state index contributed by atoms with van der Waals surface area (Å²) in [6, 6.07) is 39.4. The van der Waals surface area contributed by atoms with Crippen LogP contribution in [0.25, 0.3) is 0 Å². The average Bonchev–Trinajstić information content (AvgIpc) is 0.765. The summed E-state index contributed by atoms with van der Waals surface area (Å²) in [6.07, 6.45) is -18.1. The van der Waals surface area contributed by atoms with Crippen molar-refractivity contribution in [1.29, 1.82) is 0 Å². The number of carboxylic acids is 1. The second-order valence-corrected chi connectivity index (χ2v) is 26.4. The van der Waals surface area contributed by atoms with E-state index in [9.17, 15) is 86.2 Å². The van der Waals surface area contributed by atoms with Gasteiger partial charge in [0.15, 0.2) is 0 Å². The van der Waals surface area contributed by atoms with E-state index in [-0.39, 0.29) is 68.2 Å². The predicted molar refractivity (Wildman–Crippen MR) is 371 cm³/mol. The molecule has 0 bridgehead atoms. The van der Waals surface area contributed by atoms with Gasteiger partial charge in [0.05, 0.1) is 38.3 Å². The van der Waals surface area contributed by atoms with Crippen molar-refractivity contribution in [3.63, 3.8) is 0 Å². The Hall–Kier alpha value is -9.29. The van der Waals surface area contributed by atoms with E-state index >= 15 is 4.39 Å². The fourth-order valence-corrected chi connectivity index (χ4v) is 11.3. The highest BCUT2D eigenvalue weighted by Gasteiger charge is 2.47. The smallest absolute Gasteiger partial charge is 0.461 e. The summed E-state index contributed by atoms with van der Waals surface area (Å²) >= 11 is 4.92. The van der Waals surface area contributed by atoms with Crippen molar-refractivity contribution in [3.8, 4) is 17.2 Å². The van der Waals surface area contributed by atoms with Gasteiger partial charge in [-0.05, 0) is 154 Å². The standard InChI is InChI=1S/C34H40F5NO4S.C31H30F8N2O4.C7H4ClNO4.2CH4/c1-5-43-30(41)18-11-7-8-13-24-16-12-17-26(19-24)33(40-45(42)32(2,3)4,23-25-14-9-6-10-15-25)27-20-28(35)22-29(21-27)44-34(38,39)31(36)37;32-24-15-23(16-25(17-24)45-31(38,39)27(33)34)29(18-21-9-4-1-5-10-21,41-28(44)40-19-30(35,36)37)22-12-7-11-20(14-22)8-3-2-6-13-26(42)43;8-7(10)13-6-3-1-5(2-4-6)9(11)12;;/h6,9-10,12,14-17,19-22,31,40H,5,7-8,11,13,18,23H2,1-4H3;1,4-5,7,9-12,14-17,27H,2-3,6,8,13,18-19H2,(H,42,43)(H2,40,41,44);1-4H;2*1H4/t33-,45-;29-;;;/m11.../s1. The lowest BCUT2D eigenvalue weighted by molar-refractivity contribution is -0.384. The minimum atomic E-state index is -5.01. The molecule has 0 aliphatic heterocycles. The Balaban J connectivity index is 0.000000457. The molecule has 0 aliphatic rings. The van der Waals surface area contributed by atoms with E-state index in [1.54, 1.807) is 106 Å². The molecule has 105 heavy (non-hydrogen) atoms. The maximum atomic E-state index is 15.1. The number of carboxylic acid groups (broad SMARTS) is 1. The number of urea groups is 1. The number of hydrogen-bond acceptors (Lipinski definition) is 11. The third kappa shape index (κ3) is 29.6. The van der Waals surface area contributed by atoms with Crippen LogP contribution in [0.3, 0.4) is 0 Å². The number of carbonyl (C=O) groups is 4. The van der Waals surface area contributed by atoms with Crippen molar-refractivity contribution in [1.82, 2.24) is 15.4 Å². The highest BCUT2D eigenvalue weighted by Crippen LogP contribution is 2.41. The van der Waals surface area contributed by atoms with Crippen LogP contribution in [-0.4, -0.2) is 86.8 Å². The van der Waals surface area contributed by atoms with Gasteiger partial charge in [0.1, 0.15) is 35.4 Å². The second-order valence-electron chi connectivity index (χ2n) is 24.1. The number of esters is 1. The molecule has 0 unspecified atom stereocenters. The lowest BCUT2D eigenvalue weighted by atomic mass is 9.77. The van der Waals surface area contributed by atoms with Gasteiger partial charge in [0.2, 0.25) is 0 Å². The summed E-state index contributed by atoms with van der Waals surface area (Å²) in [6.45, 7) is 5.61. The number of nitrogens with zero attached hydrogens (tertiary/aromatic N) is 1. The Morgan fingerprint density at radius 2 is 1.00 bits per heavy atom. The number of nitrogens with one attached hydrogen (secondary N) is 3. The highest BCUT2D eigenvalue weighted by molar-refractivity contribution is 7.84. The van der Waals surface area contributed by atoms with E-state index in [4.69, 9.17) is 21.4 Å². The Morgan fingerprint density at radius 1 is 0.562 bits per heavy atom. The topological polar surface area (TPSA) is 222 Å². The maximum absolute atomic E-state index is 15.1. The number of aliphatic carboxylic acids is 1. The summed E-state index contributed by atoms with van der Waals surface area (Å²) in [7, 11) is -1.77. The first-order valence-electron chi connectivity index (χ1n) is 31.8. The molecule has 0 saturated carbocycles. The minimum absolute atomic E-state index is 0. The number of carbonyl (C=O) groups excluding carboxylic acids is 3.